The van der Waals surface area contributed by atoms with Crippen LogP contribution in [-0.4, -0.2) is 13.2 Å². The van der Waals surface area contributed by atoms with Crippen LogP contribution in [0.2, 0.25) is 0 Å². The number of hydrogen-bond acceptors (Lipinski definition) is 2. The maximum absolute atomic E-state index is 12.3. The summed E-state index contributed by atoms with van der Waals surface area (Å²) in [6.07, 6.45) is 5.17. The lowest BCUT2D eigenvalue weighted by Crippen LogP contribution is -2.21. The van der Waals surface area contributed by atoms with Gasteiger partial charge in [0.1, 0.15) is 5.75 Å². The van der Waals surface area contributed by atoms with Crippen LogP contribution in [0, 0.1) is 5.92 Å². The van der Waals surface area contributed by atoms with E-state index in [1.165, 1.54) is 19.3 Å². The molecule has 106 valence electrons. The van der Waals surface area contributed by atoms with E-state index in [1.54, 1.807) is 12.1 Å². The summed E-state index contributed by atoms with van der Waals surface area (Å²) in [6.45, 7) is 0.120. The molecular weight excluding hydrogens is 248 g/mol. The van der Waals surface area contributed by atoms with E-state index in [2.05, 4.69) is 10.1 Å². The summed E-state index contributed by atoms with van der Waals surface area (Å²) < 4.78 is 29.2. The van der Waals surface area contributed by atoms with E-state index >= 15 is 0 Å². The zero-order valence-corrected chi connectivity index (χ0v) is 11.2. The van der Waals surface area contributed by atoms with E-state index in [0.717, 1.165) is 24.4 Å². The Balaban J connectivity index is 1.83. The summed E-state index contributed by atoms with van der Waals surface area (Å²) in [5.41, 5.74) is 0.786. The predicted molar refractivity (Wildman–Crippen MR) is 71.4 cm³/mol. The van der Waals surface area contributed by atoms with Crippen LogP contribution in [0.1, 0.15) is 44.2 Å². The van der Waals surface area contributed by atoms with E-state index in [0.29, 0.717) is 0 Å². The lowest BCUT2D eigenvalue weighted by Gasteiger charge is -2.18. The van der Waals surface area contributed by atoms with Gasteiger partial charge in [0, 0.05) is 11.6 Å². The molecule has 1 unspecified atom stereocenters. The SMILES string of the molecule is CC(NCCCC1CC1)c1ccccc1OC(F)F. The van der Waals surface area contributed by atoms with E-state index in [-0.39, 0.29) is 11.8 Å². The van der Waals surface area contributed by atoms with Crippen LogP contribution in [-0.2, 0) is 0 Å². The summed E-state index contributed by atoms with van der Waals surface area (Å²) in [6, 6.07) is 6.99. The molecule has 1 aromatic carbocycles. The van der Waals surface area contributed by atoms with Crippen LogP contribution >= 0.6 is 0 Å². The Hall–Kier alpha value is -1.16. The van der Waals surface area contributed by atoms with Gasteiger partial charge in [0.15, 0.2) is 0 Å². The van der Waals surface area contributed by atoms with Crippen molar-refractivity contribution in [2.75, 3.05) is 6.54 Å². The summed E-state index contributed by atoms with van der Waals surface area (Å²) >= 11 is 0. The van der Waals surface area contributed by atoms with Gasteiger partial charge in [-0.25, -0.2) is 0 Å². The number of rotatable bonds is 8. The first kappa shape index (κ1) is 14.3. The Bertz CT molecular complexity index is 393. The standard InChI is InChI=1S/C15H21F2NO/c1-11(18-10-4-5-12-8-9-12)13-6-2-3-7-14(13)19-15(16)17/h2-3,6-7,11-12,15,18H,4-5,8-10H2,1H3. The van der Waals surface area contributed by atoms with Gasteiger partial charge in [-0.1, -0.05) is 31.0 Å². The predicted octanol–water partition coefficient (Wildman–Crippen LogP) is 4.13. The van der Waals surface area contributed by atoms with Crippen molar-refractivity contribution < 1.29 is 13.5 Å². The topological polar surface area (TPSA) is 21.3 Å². The number of alkyl halides is 2. The van der Waals surface area contributed by atoms with E-state index in [1.807, 2.05) is 19.1 Å². The molecule has 0 heterocycles. The molecule has 0 radical (unpaired) electrons. The fraction of sp³-hybridized carbons (Fsp3) is 0.600. The fourth-order valence-corrected chi connectivity index (χ4v) is 2.27. The average molecular weight is 269 g/mol. The second-order valence-corrected chi connectivity index (χ2v) is 5.18. The van der Waals surface area contributed by atoms with Crippen LogP contribution in [0.15, 0.2) is 24.3 Å². The van der Waals surface area contributed by atoms with Gasteiger partial charge in [0.2, 0.25) is 0 Å². The van der Waals surface area contributed by atoms with Crippen molar-refractivity contribution >= 4 is 0 Å². The highest BCUT2D eigenvalue weighted by Gasteiger charge is 2.20. The molecule has 4 heteroatoms. The van der Waals surface area contributed by atoms with Gasteiger partial charge in [-0.2, -0.15) is 8.78 Å². The smallest absolute Gasteiger partial charge is 0.387 e. The third-order valence-corrected chi connectivity index (χ3v) is 3.54. The number of halogens is 2. The molecule has 0 bridgehead atoms. The van der Waals surface area contributed by atoms with Crippen molar-refractivity contribution in [3.63, 3.8) is 0 Å². The van der Waals surface area contributed by atoms with Gasteiger partial charge >= 0.3 is 6.61 Å². The minimum absolute atomic E-state index is 0.0224. The van der Waals surface area contributed by atoms with Gasteiger partial charge in [-0.15, -0.1) is 0 Å². The third kappa shape index (κ3) is 4.78. The molecule has 1 aliphatic rings. The van der Waals surface area contributed by atoms with Crippen molar-refractivity contribution in [3.8, 4) is 5.75 Å². The van der Waals surface area contributed by atoms with Gasteiger partial charge in [0.05, 0.1) is 0 Å². The summed E-state index contributed by atoms with van der Waals surface area (Å²) in [7, 11) is 0. The molecule has 1 aliphatic carbocycles. The average Bonchev–Trinajstić information content (AvgIpc) is 3.18. The molecule has 0 amide bonds. The van der Waals surface area contributed by atoms with Crippen molar-refractivity contribution in [1.29, 1.82) is 0 Å². The zero-order chi connectivity index (χ0) is 13.7. The second kappa shape index (κ2) is 6.85. The molecule has 2 rings (SSSR count). The lowest BCUT2D eigenvalue weighted by atomic mass is 10.1. The van der Waals surface area contributed by atoms with Gasteiger partial charge < -0.3 is 10.1 Å². The Morgan fingerprint density at radius 2 is 2.05 bits per heavy atom. The zero-order valence-electron chi connectivity index (χ0n) is 11.2. The van der Waals surface area contributed by atoms with Crippen LogP contribution in [0.25, 0.3) is 0 Å². The van der Waals surface area contributed by atoms with Gasteiger partial charge in [0.25, 0.3) is 0 Å². The van der Waals surface area contributed by atoms with E-state index in [4.69, 9.17) is 0 Å². The number of para-hydroxylation sites is 1. The number of nitrogens with one attached hydrogen (secondary N) is 1. The minimum atomic E-state index is -2.77. The second-order valence-electron chi connectivity index (χ2n) is 5.18. The van der Waals surface area contributed by atoms with Crippen molar-refractivity contribution in [2.24, 2.45) is 5.92 Å². The van der Waals surface area contributed by atoms with E-state index in [9.17, 15) is 8.78 Å². The number of hydrogen-bond donors (Lipinski definition) is 1. The Labute approximate surface area is 113 Å². The number of benzene rings is 1. The normalized spacial score (nSPS) is 16.6. The Kier molecular flexibility index (Phi) is 5.14. The summed E-state index contributed by atoms with van der Waals surface area (Å²) in [5, 5.41) is 3.37. The van der Waals surface area contributed by atoms with Crippen LogP contribution in [0.4, 0.5) is 8.78 Å². The molecule has 1 atom stereocenters. The highest BCUT2D eigenvalue weighted by atomic mass is 19.3. The molecule has 2 nitrogen and oxygen atoms in total. The van der Waals surface area contributed by atoms with Crippen molar-refractivity contribution in [2.45, 2.75) is 45.3 Å². The number of ether oxygens (including phenoxy) is 1. The molecule has 0 aliphatic heterocycles. The highest BCUT2D eigenvalue weighted by Crippen LogP contribution is 2.33. The minimum Gasteiger partial charge on any atom is -0.434 e. The summed E-state index contributed by atoms with van der Waals surface area (Å²) in [4.78, 5) is 0. The van der Waals surface area contributed by atoms with Crippen LogP contribution in [0.5, 0.6) is 5.75 Å². The Morgan fingerprint density at radius 1 is 1.32 bits per heavy atom. The largest absolute Gasteiger partial charge is 0.434 e. The molecule has 0 spiro atoms. The first-order valence-corrected chi connectivity index (χ1v) is 6.94. The first-order chi connectivity index (χ1) is 9.16. The molecular formula is C15H21F2NO. The third-order valence-electron chi connectivity index (χ3n) is 3.54. The van der Waals surface area contributed by atoms with Gasteiger partial charge in [-0.05, 0) is 38.3 Å². The molecule has 1 fully saturated rings. The maximum atomic E-state index is 12.3. The molecule has 0 saturated heterocycles. The van der Waals surface area contributed by atoms with Gasteiger partial charge in [-0.3, -0.25) is 0 Å². The molecule has 0 aromatic heterocycles. The van der Waals surface area contributed by atoms with Crippen molar-refractivity contribution in [3.05, 3.63) is 29.8 Å². The van der Waals surface area contributed by atoms with E-state index < -0.39 is 6.61 Å². The monoisotopic (exact) mass is 269 g/mol. The first-order valence-electron chi connectivity index (χ1n) is 6.94. The Morgan fingerprint density at radius 3 is 2.74 bits per heavy atom. The molecule has 19 heavy (non-hydrogen) atoms. The fourth-order valence-electron chi connectivity index (χ4n) is 2.27. The van der Waals surface area contributed by atoms with Crippen LogP contribution < -0.4 is 10.1 Å². The molecule has 1 saturated carbocycles. The molecule has 1 aromatic rings. The quantitative estimate of drug-likeness (QED) is 0.716. The van der Waals surface area contributed by atoms with Crippen molar-refractivity contribution in [1.82, 2.24) is 5.32 Å². The maximum Gasteiger partial charge on any atom is 0.387 e. The summed E-state index contributed by atoms with van der Waals surface area (Å²) in [5.74, 6) is 1.20. The highest BCUT2D eigenvalue weighted by molar-refractivity contribution is 5.35. The lowest BCUT2D eigenvalue weighted by molar-refractivity contribution is -0.0506. The molecule has 1 N–H and O–H groups in total. The van der Waals surface area contributed by atoms with Crippen LogP contribution in [0.3, 0.4) is 0 Å².